The summed E-state index contributed by atoms with van der Waals surface area (Å²) in [5, 5.41) is 12.2. The van der Waals surface area contributed by atoms with Gasteiger partial charge in [-0.25, -0.2) is 0 Å². The second-order valence-electron chi connectivity index (χ2n) is 6.34. The van der Waals surface area contributed by atoms with Gasteiger partial charge in [-0.2, -0.15) is 5.26 Å². The lowest BCUT2D eigenvalue weighted by atomic mass is 9.78. The van der Waals surface area contributed by atoms with Crippen molar-refractivity contribution in [2.75, 3.05) is 18.5 Å². The zero-order chi connectivity index (χ0) is 17.6. The molecule has 1 aromatic rings. The summed E-state index contributed by atoms with van der Waals surface area (Å²) in [4.78, 5) is 12.9. The van der Waals surface area contributed by atoms with Crippen LogP contribution in [-0.2, 0) is 9.53 Å². The van der Waals surface area contributed by atoms with Crippen molar-refractivity contribution in [3.8, 4) is 11.8 Å². The Balaban J connectivity index is 2.19. The van der Waals surface area contributed by atoms with Crippen molar-refractivity contribution < 1.29 is 14.3 Å². The SMILES string of the molecule is CCOc1ccc(NC(=O)[C@@]2(OCC)CCC[C@H](C)C2)cc1C#N. The highest BCUT2D eigenvalue weighted by Crippen LogP contribution is 2.36. The van der Waals surface area contributed by atoms with Crippen LogP contribution < -0.4 is 10.1 Å². The molecule has 1 aliphatic carbocycles. The topological polar surface area (TPSA) is 71.3 Å². The third-order valence-electron chi connectivity index (χ3n) is 4.45. The summed E-state index contributed by atoms with van der Waals surface area (Å²) < 4.78 is 11.3. The molecule has 0 aromatic heterocycles. The summed E-state index contributed by atoms with van der Waals surface area (Å²) in [6.07, 6.45) is 3.58. The molecular weight excluding hydrogens is 304 g/mol. The number of nitriles is 1. The summed E-state index contributed by atoms with van der Waals surface area (Å²) in [6, 6.07) is 7.23. The molecule has 1 aromatic carbocycles. The van der Waals surface area contributed by atoms with Crippen molar-refractivity contribution in [3.05, 3.63) is 23.8 Å². The quantitative estimate of drug-likeness (QED) is 0.859. The number of amides is 1. The number of ether oxygens (including phenoxy) is 2. The monoisotopic (exact) mass is 330 g/mol. The largest absolute Gasteiger partial charge is 0.492 e. The van der Waals surface area contributed by atoms with Gasteiger partial charge in [-0.15, -0.1) is 0 Å². The second kappa shape index (κ2) is 8.16. The van der Waals surface area contributed by atoms with E-state index in [2.05, 4.69) is 18.3 Å². The summed E-state index contributed by atoms with van der Waals surface area (Å²) in [5.41, 5.74) is 0.243. The first-order valence-corrected chi connectivity index (χ1v) is 8.67. The van der Waals surface area contributed by atoms with Crippen LogP contribution in [-0.4, -0.2) is 24.7 Å². The van der Waals surface area contributed by atoms with Crippen molar-refractivity contribution in [3.63, 3.8) is 0 Å². The van der Waals surface area contributed by atoms with Crippen molar-refractivity contribution >= 4 is 11.6 Å². The Morgan fingerprint density at radius 2 is 2.21 bits per heavy atom. The van der Waals surface area contributed by atoms with E-state index in [1.807, 2.05) is 13.8 Å². The minimum atomic E-state index is -0.766. The molecule has 5 heteroatoms. The molecule has 24 heavy (non-hydrogen) atoms. The lowest BCUT2D eigenvalue weighted by Crippen LogP contribution is -2.48. The van der Waals surface area contributed by atoms with Crippen molar-refractivity contribution in [1.82, 2.24) is 0 Å². The lowest BCUT2D eigenvalue weighted by molar-refractivity contribution is -0.147. The van der Waals surface area contributed by atoms with E-state index >= 15 is 0 Å². The minimum absolute atomic E-state index is 0.121. The molecule has 0 heterocycles. The second-order valence-corrected chi connectivity index (χ2v) is 6.34. The summed E-state index contributed by atoms with van der Waals surface area (Å²) in [7, 11) is 0. The van der Waals surface area contributed by atoms with Gasteiger partial charge in [0.05, 0.1) is 12.2 Å². The number of nitrogens with zero attached hydrogens (tertiary/aromatic N) is 1. The maximum Gasteiger partial charge on any atom is 0.256 e. The van der Waals surface area contributed by atoms with Gasteiger partial charge < -0.3 is 14.8 Å². The standard InChI is InChI=1S/C19H26N2O3/c1-4-23-17-9-8-16(11-15(17)13-20)21-18(22)19(24-5-2)10-6-7-14(3)12-19/h8-9,11,14H,4-7,10,12H2,1-3H3,(H,21,22)/t14-,19+/m0/s1. The number of anilines is 1. The summed E-state index contributed by atoms with van der Waals surface area (Å²) in [5.74, 6) is 0.874. The lowest BCUT2D eigenvalue weighted by Gasteiger charge is -2.38. The number of benzene rings is 1. The van der Waals surface area contributed by atoms with Crippen LogP contribution in [0, 0.1) is 17.2 Å². The van der Waals surface area contributed by atoms with Crippen LogP contribution in [0.4, 0.5) is 5.69 Å². The van der Waals surface area contributed by atoms with Gasteiger partial charge in [-0.3, -0.25) is 4.79 Å². The number of nitrogens with one attached hydrogen (secondary N) is 1. The zero-order valence-electron chi connectivity index (χ0n) is 14.7. The first-order chi connectivity index (χ1) is 11.5. The Morgan fingerprint density at radius 3 is 2.83 bits per heavy atom. The van der Waals surface area contributed by atoms with Gasteiger partial charge in [0.1, 0.15) is 17.4 Å². The molecule has 1 fully saturated rings. The maximum absolute atomic E-state index is 12.9. The van der Waals surface area contributed by atoms with E-state index in [0.717, 1.165) is 25.7 Å². The molecule has 0 bridgehead atoms. The Hall–Kier alpha value is -2.06. The van der Waals surface area contributed by atoms with E-state index in [1.165, 1.54) is 0 Å². The molecule has 0 spiro atoms. The maximum atomic E-state index is 12.9. The van der Waals surface area contributed by atoms with Crippen LogP contribution in [0.5, 0.6) is 5.75 Å². The number of hydrogen-bond acceptors (Lipinski definition) is 4. The molecule has 1 aliphatic rings. The van der Waals surface area contributed by atoms with Crippen molar-refractivity contribution in [1.29, 1.82) is 5.26 Å². The van der Waals surface area contributed by atoms with Crippen LogP contribution in [0.3, 0.4) is 0 Å². The molecule has 1 amide bonds. The normalized spacial score (nSPS) is 23.3. The van der Waals surface area contributed by atoms with Crippen LogP contribution in [0.1, 0.15) is 52.0 Å². The van der Waals surface area contributed by atoms with E-state index in [-0.39, 0.29) is 5.91 Å². The number of rotatable bonds is 6. The number of carbonyl (C=O) groups is 1. The van der Waals surface area contributed by atoms with Gasteiger partial charge in [0, 0.05) is 12.3 Å². The highest BCUT2D eigenvalue weighted by atomic mass is 16.5. The molecule has 1 saturated carbocycles. The fourth-order valence-electron chi connectivity index (χ4n) is 3.40. The van der Waals surface area contributed by atoms with Gasteiger partial charge in [0.15, 0.2) is 0 Å². The van der Waals surface area contributed by atoms with E-state index in [1.54, 1.807) is 18.2 Å². The third kappa shape index (κ3) is 4.07. The molecule has 5 nitrogen and oxygen atoms in total. The van der Waals surface area contributed by atoms with Crippen LogP contribution in [0.25, 0.3) is 0 Å². The van der Waals surface area contributed by atoms with Gasteiger partial charge in [0.25, 0.3) is 5.91 Å². The number of hydrogen-bond donors (Lipinski definition) is 1. The Bertz CT molecular complexity index is 620. The van der Waals surface area contributed by atoms with E-state index in [0.29, 0.717) is 36.1 Å². The summed E-state index contributed by atoms with van der Waals surface area (Å²) >= 11 is 0. The molecule has 2 atom stereocenters. The molecule has 1 N–H and O–H groups in total. The van der Waals surface area contributed by atoms with Crippen LogP contribution >= 0.6 is 0 Å². The molecule has 2 rings (SSSR count). The molecule has 0 saturated heterocycles. The average Bonchev–Trinajstić information content (AvgIpc) is 2.56. The molecule has 0 unspecified atom stereocenters. The molecule has 0 aliphatic heterocycles. The molecular formula is C19H26N2O3. The highest BCUT2D eigenvalue weighted by Gasteiger charge is 2.42. The summed E-state index contributed by atoms with van der Waals surface area (Å²) in [6.45, 7) is 6.94. The fourth-order valence-corrected chi connectivity index (χ4v) is 3.40. The van der Waals surface area contributed by atoms with Crippen LogP contribution in [0.2, 0.25) is 0 Å². The van der Waals surface area contributed by atoms with Gasteiger partial charge in [-0.05, 0) is 57.2 Å². The van der Waals surface area contributed by atoms with Crippen LogP contribution in [0.15, 0.2) is 18.2 Å². The van der Waals surface area contributed by atoms with Crippen molar-refractivity contribution in [2.24, 2.45) is 5.92 Å². The minimum Gasteiger partial charge on any atom is -0.492 e. The Labute approximate surface area is 144 Å². The first-order valence-electron chi connectivity index (χ1n) is 8.67. The predicted octanol–water partition coefficient (Wildman–Crippen LogP) is 3.88. The van der Waals surface area contributed by atoms with E-state index < -0.39 is 5.60 Å². The molecule has 130 valence electrons. The number of carbonyl (C=O) groups excluding carboxylic acids is 1. The van der Waals surface area contributed by atoms with Gasteiger partial charge >= 0.3 is 0 Å². The Morgan fingerprint density at radius 1 is 1.42 bits per heavy atom. The predicted molar refractivity (Wildman–Crippen MR) is 92.9 cm³/mol. The highest BCUT2D eigenvalue weighted by molar-refractivity contribution is 5.97. The molecule has 0 radical (unpaired) electrons. The van der Waals surface area contributed by atoms with E-state index in [9.17, 15) is 10.1 Å². The fraction of sp³-hybridized carbons (Fsp3) is 0.579. The van der Waals surface area contributed by atoms with Crippen molar-refractivity contribution in [2.45, 2.75) is 52.1 Å². The smallest absolute Gasteiger partial charge is 0.256 e. The van der Waals surface area contributed by atoms with Gasteiger partial charge in [0.2, 0.25) is 0 Å². The first kappa shape index (κ1) is 18.3. The van der Waals surface area contributed by atoms with E-state index in [4.69, 9.17) is 9.47 Å². The van der Waals surface area contributed by atoms with Gasteiger partial charge in [-0.1, -0.05) is 13.3 Å². The average molecular weight is 330 g/mol. The Kier molecular flexibility index (Phi) is 6.22. The zero-order valence-corrected chi connectivity index (χ0v) is 14.7. The third-order valence-corrected chi connectivity index (χ3v) is 4.45.